The van der Waals surface area contributed by atoms with Gasteiger partial charge in [0, 0.05) is 36.0 Å². The summed E-state index contributed by atoms with van der Waals surface area (Å²) in [6.07, 6.45) is 3.81. The fraction of sp³-hybridized carbons (Fsp3) is 0.167. The molecule has 1 aromatic carbocycles. The van der Waals surface area contributed by atoms with Crippen molar-refractivity contribution < 1.29 is 9.21 Å². The van der Waals surface area contributed by atoms with E-state index in [2.05, 4.69) is 16.1 Å². The molecule has 0 fully saturated rings. The summed E-state index contributed by atoms with van der Waals surface area (Å²) in [5, 5.41) is 6.60. The van der Waals surface area contributed by atoms with E-state index in [1.807, 2.05) is 31.3 Å². The summed E-state index contributed by atoms with van der Waals surface area (Å²) in [6, 6.07) is 9.93. The van der Waals surface area contributed by atoms with Crippen LogP contribution in [0.2, 0.25) is 0 Å². The lowest BCUT2D eigenvalue weighted by molar-refractivity contribution is -0.116. The highest BCUT2D eigenvalue weighted by molar-refractivity contribution is 5.94. The Balaban J connectivity index is 1.92. The molecule has 4 rings (SSSR count). The average Bonchev–Trinajstić information content (AvgIpc) is 3.10. The molecule has 0 bridgehead atoms. The van der Waals surface area contributed by atoms with E-state index in [0.717, 1.165) is 38.8 Å². The molecule has 0 saturated heterocycles. The second kappa shape index (κ2) is 5.05. The number of fused-ring (bicyclic) bond motifs is 2. The zero-order valence-corrected chi connectivity index (χ0v) is 12.9. The number of benzene rings is 1. The van der Waals surface area contributed by atoms with Crippen molar-refractivity contribution in [1.29, 1.82) is 0 Å². The lowest BCUT2D eigenvalue weighted by Gasteiger charge is -2.00. The van der Waals surface area contributed by atoms with Crippen molar-refractivity contribution in [2.24, 2.45) is 7.05 Å². The number of ketones is 1. The van der Waals surface area contributed by atoms with Gasteiger partial charge in [0.1, 0.15) is 17.1 Å². The van der Waals surface area contributed by atoms with E-state index < -0.39 is 0 Å². The SMILES string of the molecule is CC(=O)Cc1cnc2c(c1)c(-c1ccc3occc3c1)nn2C. The third-order valence-corrected chi connectivity index (χ3v) is 3.91. The van der Waals surface area contributed by atoms with Crippen molar-refractivity contribution in [3.8, 4) is 11.3 Å². The van der Waals surface area contributed by atoms with Gasteiger partial charge in [-0.05, 0) is 42.8 Å². The van der Waals surface area contributed by atoms with E-state index in [1.165, 1.54) is 0 Å². The first kappa shape index (κ1) is 13.7. The maximum absolute atomic E-state index is 11.4. The van der Waals surface area contributed by atoms with E-state index in [9.17, 15) is 4.79 Å². The van der Waals surface area contributed by atoms with Crippen molar-refractivity contribution in [3.63, 3.8) is 0 Å². The monoisotopic (exact) mass is 305 g/mol. The summed E-state index contributed by atoms with van der Waals surface area (Å²) >= 11 is 0. The lowest BCUT2D eigenvalue weighted by Crippen LogP contribution is -1.97. The molecule has 0 N–H and O–H groups in total. The molecule has 23 heavy (non-hydrogen) atoms. The molecular formula is C18H15N3O2. The highest BCUT2D eigenvalue weighted by atomic mass is 16.3. The van der Waals surface area contributed by atoms with Crippen LogP contribution in [0.5, 0.6) is 0 Å². The maximum Gasteiger partial charge on any atom is 0.158 e. The molecule has 0 saturated carbocycles. The first-order valence-corrected chi connectivity index (χ1v) is 7.40. The van der Waals surface area contributed by atoms with Crippen LogP contribution in [0.25, 0.3) is 33.3 Å². The standard InChI is InChI=1S/C18H15N3O2/c1-11(22)7-12-8-15-17(20-21(2)18(15)19-10-12)14-3-4-16-13(9-14)5-6-23-16/h3-6,8-10H,7H2,1-2H3. The van der Waals surface area contributed by atoms with Gasteiger partial charge in [-0.15, -0.1) is 0 Å². The zero-order chi connectivity index (χ0) is 16.0. The molecular weight excluding hydrogens is 290 g/mol. The summed E-state index contributed by atoms with van der Waals surface area (Å²) in [4.78, 5) is 15.8. The van der Waals surface area contributed by atoms with Crippen molar-refractivity contribution in [2.75, 3.05) is 0 Å². The Morgan fingerprint density at radius 1 is 1.26 bits per heavy atom. The predicted octanol–water partition coefficient (Wildman–Crippen LogP) is 3.51. The number of carbonyl (C=O) groups is 1. The Morgan fingerprint density at radius 2 is 2.13 bits per heavy atom. The Morgan fingerprint density at radius 3 is 2.96 bits per heavy atom. The fourth-order valence-corrected chi connectivity index (χ4v) is 2.90. The van der Waals surface area contributed by atoms with Crippen LogP contribution in [0.1, 0.15) is 12.5 Å². The highest BCUT2D eigenvalue weighted by Gasteiger charge is 2.14. The Labute approximate surface area is 132 Å². The summed E-state index contributed by atoms with van der Waals surface area (Å²) in [5.74, 6) is 0.122. The van der Waals surface area contributed by atoms with Gasteiger partial charge in [0.05, 0.1) is 6.26 Å². The minimum absolute atomic E-state index is 0.122. The zero-order valence-electron chi connectivity index (χ0n) is 12.9. The van der Waals surface area contributed by atoms with Crippen LogP contribution in [-0.4, -0.2) is 20.5 Å². The maximum atomic E-state index is 11.4. The van der Waals surface area contributed by atoms with Crippen LogP contribution in [0.4, 0.5) is 0 Å². The molecule has 3 heterocycles. The second-order valence-electron chi connectivity index (χ2n) is 5.74. The third kappa shape index (κ3) is 2.30. The van der Waals surface area contributed by atoms with E-state index in [-0.39, 0.29) is 5.78 Å². The first-order chi connectivity index (χ1) is 11.1. The number of aryl methyl sites for hydroxylation is 1. The largest absolute Gasteiger partial charge is 0.464 e. The van der Waals surface area contributed by atoms with E-state index >= 15 is 0 Å². The van der Waals surface area contributed by atoms with Gasteiger partial charge in [-0.1, -0.05) is 0 Å². The number of furan rings is 1. The van der Waals surface area contributed by atoms with Gasteiger partial charge < -0.3 is 4.42 Å². The smallest absolute Gasteiger partial charge is 0.158 e. The lowest BCUT2D eigenvalue weighted by atomic mass is 10.1. The van der Waals surface area contributed by atoms with Gasteiger partial charge in [0.15, 0.2) is 5.65 Å². The summed E-state index contributed by atoms with van der Waals surface area (Å²) in [5.41, 5.74) is 4.43. The number of nitrogens with zero attached hydrogens (tertiary/aromatic N) is 3. The van der Waals surface area contributed by atoms with E-state index in [4.69, 9.17) is 4.42 Å². The topological polar surface area (TPSA) is 60.9 Å². The van der Waals surface area contributed by atoms with Crippen LogP contribution in [0.15, 0.2) is 47.2 Å². The summed E-state index contributed by atoms with van der Waals surface area (Å²) in [6.45, 7) is 1.58. The van der Waals surface area contributed by atoms with Crippen molar-refractivity contribution in [3.05, 3.63) is 48.4 Å². The minimum atomic E-state index is 0.122. The molecule has 0 spiro atoms. The Kier molecular flexibility index (Phi) is 3.01. The molecule has 5 heteroatoms. The fourth-order valence-electron chi connectivity index (χ4n) is 2.90. The van der Waals surface area contributed by atoms with Crippen LogP contribution in [0, 0.1) is 0 Å². The van der Waals surface area contributed by atoms with Gasteiger partial charge >= 0.3 is 0 Å². The normalized spacial score (nSPS) is 11.4. The van der Waals surface area contributed by atoms with Crippen LogP contribution >= 0.6 is 0 Å². The molecule has 114 valence electrons. The molecule has 0 aliphatic rings. The van der Waals surface area contributed by atoms with Crippen molar-refractivity contribution in [1.82, 2.24) is 14.8 Å². The molecule has 0 aliphatic heterocycles. The number of pyridine rings is 1. The Hall–Kier alpha value is -2.95. The molecule has 0 amide bonds. The number of Topliss-reactive ketones (excluding diaryl/α,β-unsaturated/α-hetero) is 1. The minimum Gasteiger partial charge on any atom is -0.464 e. The average molecular weight is 305 g/mol. The molecule has 0 unspecified atom stereocenters. The Bertz CT molecular complexity index is 1040. The number of hydrogen-bond acceptors (Lipinski definition) is 4. The second-order valence-corrected chi connectivity index (χ2v) is 5.74. The van der Waals surface area contributed by atoms with Gasteiger partial charge in [-0.3, -0.25) is 4.79 Å². The molecule has 0 radical (unpaired) electrons. The van der Waals surface area contributed by atoms with Gasteiger partial charge in [0.2, 0.25) is 0 Å². The molecule has 0 atom stereocenters. The highest BCUT2D eigenvalue weighted by Crippen LogP contribution is 2.30. The van der Waals surface area contributed by atoms with Crippen molar-refractivity contribution in [2.45, 2.75) is 13.3 Å². The van der Waals surface area contributed by atoms with Gasteiger partial charge in [-0.25, -0.2) is 9.67 Å². The number of hydrogen-bond donors (Lipinski definition) is 0. The summed E-state index contributed by atoms with van der Waals surface area (Å²) < 4.78 is 7.15. The number of carbonyl (C=O) groups excluding carboxylic acids is 1. The molecule has 3 aromatic heterocycles. The third-order valence-electron chi connectivity index (χ3n) is 3.91. The molecule has 5 nitrogen and oxygen atoms in total. The van der Waals surface area contributed by atoms with Gasteiger partial charge in [-0.2, -0.15) is 5.10 Å². The van der Waals surface area contributed by atoms with E-state index in [1.54, 1.807) is 24.1 Å². The van der Waals surface area contributed by atoms with Crippen LogP contribution in [-0.2, 0) is 18.3 Å². The van der Waals surface area contributed by atoms with E-state index in [0.29, 0.717) is 6.42 Å². The number of aromatic nitrogens is 3. The molecule has 0 aliphatic carbocycles. The van der Waals surface area contributed by atoms with Crippen LogP contribution < -0.4 is 0 Å². The summed E-state index contributed by atoms with van der Waals surface area (Å²) in [7, 11) is 1.87. The number of rotatable bonds is 3. The van der Waals surface area contributed by atoms with Gasteiger partial charge in [0.25, 0.3) is 0 Å². The quantitative estimate of drug-likeness (QED) is 0.581. The first-order valence-electron chi connectivity index (χ1n) is 7.40. The van der Waals surface area contributed by atoms with Crippen molar-refractivity contribution >= 4 is 27.8 Å². The predicted molar refractivity (Wildman–Crippen MR) is 88.1 cm³/mol. The molecule has 4 aromatic rings. The van der Waals surface area contributed by atoms with Crippen LogP contribution in [0.3, 0.4) is 0 Å².